The molecule has 0 aliphatic carbocycles. The smallest absolute Gasteiger partial charge is 0.264 e. The maximum Gasteiger partial charge on any atom is 0.264 e. The molecular formula is C21H16Cl2N4O3S2. The highest BCUT2D eigenvalue weighted by Crippen LogP contribution is 2.25. The Kier molecular flexibility index (Phi) is 6.61. The first-order valence-corrected chi connectivity index (χ1v) is 12.4. The second-order valence-electron chi connectivity index (χ2n) is 6.78. The van der Waals surface area contributed by atoms with Crippen molar-refractivity contribution in [3.63, 3.8) is 0 Å². The Balaban J connectivity index is 1.51. The average molecular weight is 507 g/mol. The minimum Gasteiger partial charge on any atom is -0.352 e. The lowest BCUT2D eigenvalue weighted by molar-refractivity contribution is 0.0955. The van der Waals surface area contributed by atoms with Crippen LogP contribution >= 0.6 is 34.9 Å². The molecule has 7 nitrogen and oxygen atoms in total. The number of hydrogen-bond donors (Lipinski definition) is 2. The fraction of sp³-hybridized carbons (Fsp3) is 0.0952. The van der Waals surface area contributed by atoms with Crippen LogP contribution in [-0.2, 0) is 16.4 Å². The SMILES string of the molecule is O=C(NCCc1ccc(Cl)cc1Cl)c1ccccc1NS(=O)(=O)c1cccc2nsnc12. The molecule has 0 atom stereocenters. The highest BCUT2D eigenvalue weighted by molar-refractivity contribution is 7.93. The van der Waals surface area contributed by atoms with Crippen molar-refractivity contribution in [2.45, 2.75) is 11.3 Å². The Bertz CT molecular complexity index is 1410. The zero-order chi connectivity index (χ0) is 22.7. The van der Waals surface area contributed by atoms with Crippen LogP contribution in [0, 0.1) is 0 Å². The molecule has 0 bridgehead atoms. The molecule has 0 radical (unpaired) electrons. The van der Waals surface area contributed by atoms with E-state index in [1.165, 1.54) is 12.1 Å². The summed E-state index contributed by atoms with van der Waals surface area (Å²) in [4.78, 5) is 12.8. The molecule has 0 fully saturated rings. The van der Waals surface area contributed by atoms with E-state index in [2.05, 4.69) is 18.8 Å². The molecule has 2 N–H and O–H groups in total. The molecule has 0 saturated heterocycles. The van der Waals surface area contributed by atoms with Gasteiger partial charge in [0, 0.05) is 16.6 Å². The topological polar surface area (TPSA) is 101 Å². The number of carbonyl (C=O) groups is 1. The van der Waals surface area contributed by atoms with Gasteiger partial charge in [-0.25, -0.2) is 8.42 Å². The largest absolute Gasteiger partial charge is 0.352 e. The summed E-state index contributed by atoms with van der Waals surface area (Å²) in [5.41, 5.74) is 1.98. The Morgan fingerprint density at radius 2 is 1.81 bits per heavy atom. The van der Waals surface area contributed by atoms with Crippen molar-refractivity contribution in [1.82, 2.24) is 14.1 Å². The van der Waals surface area contributed by atoms with Crippen LogP contribution in [0.2, 0.25) is 10.0 Å². The van der Waals surface area contributed by atoms with Gasteiger partial charge in [-0.3, -0.25) is 9.52 Å². The van der Waals surface area contributed by atoms with E-state index >= 15 is 0 Å². The number of sulfonamides is 1. The second-order valence-corrected chi connectivity index (χ2v) is 9.80. The van der Waals surface area contributed by atoms with E-state index < -0.39 is 15.9 Å². The first-order valence-electron chi connectivity index (χ1n) is 9.40. The first kappa shape index (κ1) is 22.5. The molecule has 11 heteroatoms. The number of nitrogens with one attached hydrogen (secondary N) is 2. The number of aromatic nitrogens is 2. The van der Waals surface area contributed by atoms with E-state index in [-0.39, 0.29) is 21.7 Å². The summed E-state index contributed by atoms with van der Waals surface area (Å²) in [6, 6.07) is 16.3. The van der Waals surface area contributed by atoms with Gasteiger partial charge in [0.25, 0.3) is 15.9 Å². The van der Waals surface area contributed by atoms with Gasteiger partial charge in [0.1, 0.15) is 15.9 Å². The quantitative estimate of drug-likeness (QED) is 0.375. The third-order valence-electron chi connectivity index (χ3n) is 4.65. The van der Waals surface area contributed by atoms with E-state index in [9.17, 15) is 13.2 Å². The number of carbonyl (C=O) groups excluding carboxylic acids is 1. The van der Waals surface area contributed by atoms with Crippen molar-refractivity contribution in [3.8, 4) is 0 Å². The highest BCUT2D eigenvalue weighted by Gasteiger charge is 2.22. The molecule has 0 saturated carbocycles. The normalized spacial score (nSPS) is 11.4. The molecule has 1 amide bonds. The van der Waals surface area contributed by atoms with Crippen LogP contribution < -0.4 is 10.0 Å². The first-order chi connectivity index (χ1) is 15.3. The van der Waals surface area contributed by atoms with Crippen molar-refractivity contribution in [2.24, 2.45) is 0 Å². The third-order valence-corrected chi connectivity index (χ3v) is 7.18. The predicted molar refractivity (Wildman–Crippen MR) is 127 cm³/mol. The van der Waals surface area contributed by atoms with Gasteiger partial charge in [0.15, 0.2) is 0 Å². The predicted octanol–water partition coefficient (Wildman–Crippen LogP) is 4.77. The van der Waals surface area contributed by atoms with Crippen molar-refractivity contribution < 1.29 is 13.2 Å². The standard InChI is InChI=1S/C21H16Cl2N4O3S2/c22-14-9-8-13(16(23)12-14)10-11-24-21(28)15-4-1-2-5-17(15)27-32(29,30)19-7-3-6-18-20(19)26-31-25-18/h1-9,12,27H,10-11H2,(H,24,28). The summed E-state index contributed by atoms with van der Waals surface area (Å²) in [5, 5.41) is 3.85. The molecule has 4 rings (SSSR count). The number of para-hydroxylation sites is 1. The van der Waals surface area contributed by atoms with E-state index in [0.29, 0.717) is 28.5 Å². The van der Waals surface area contributed by atoms with Gasteiger partial charge >= 0.3 is 0 Å². The van der Waals surface area contributed by atoms with Gasteiger partial charge in [-0.1, -0.05) is 47.5 Å². The lowest BCUT2D eigenvalue weighted by Gasteiger charge is -2.13. The molecule has 32 heavy (non-hydrogen) atoms. The number of hydrogen-bond acceptors (Lipinski definition) is 6. The Labute approximate surface area is 198 Å². The second kappa shape index (κ2) is 9.41. The van der Waals surface area contributed by atoms with E-state index in [4.69, 9.17) is 23.2 Å². The number of amides is 1. The van der Waals surface area contributed by atoms with Crippen molar-refractivity contribution >= 4 is 67.6 Å². The van der Waals surface area contributed by atoms with E-state index in [0.717, 1.165) is 17.3 Å². The molecule has 3 aromatic carbocycles. The lowest BCUT2D eigenvalue weighted by Crippen LogP contribution is -2.27. The Morgan fingerprint density at radius 1 is 1.00 bits per heavy atom. The van der Waals surface area contributed by atoms with Crippen molar-refractivity contribution in [1.29, 1.82) is 0 Å². The zero-order valence-electron chi connectivity index (χ0n) is 16.4. The zero-order valence-corrected chi connectivity index (χ0v) is 19.5. The van der Waals surface area contributed by atoms with Crippen LogP contribution in [0.5, 0.6) is 0 Å². The van der Waals surface area contributed by atoms with Gasteiger partial charge in [0.05, 0.1) is 23.0 Å². The molecular weight excluding hydrogens is 491 g/mol. The minimum absolute atomic E-state index is 0.00339. The maximum absolute atomic E-state index is 13.0. The maximum atomic E-state index is 13.0. The monoisotopic (exact) mass is 506 g/mol. The van der Waals surface area contributed by atoms with E-state index in [1.54, 1.807) is 48.5 Å². The molecule has 4 aromatic rings. The summed E-state index contributed by atoms with van der Waals surface area (Å²) < 4.78 is 36.7. The molecule has 0 unspecified atom stereocenters. The van der Waals surface area contributed by atoms with Crippen molar-refractivity contribution in [2.75, 3.05) is 11.3 Å². The molecule has 164 valence electrons. The molecule has 0 aliphatic rings. The van der Waals surface area contributed by atoms with Crippen LogP contribution in [-0.4, -0.2) is 29.6 Å². The third kappa shape index (κ3) is 4.86. The Hall–Kier alpha value is -2.72. The van der Waals surface area contributed by atoms with Crippen LogP contribution in [0.25, 0.3) is 11.0 Å². The number of benzene rings is 3. The summed E-state index contributed by atoms with van der Waals surface area (Å²) in [5.74, 6) is -0.415. The minimum atomic E-state index is -3.99. The van der Waals surface area contributed by atoms with E-state index in [1.807, 2.05) is 0 Å². The highest BCUT2D eigenvalue weighted by atomic mass is 35.5. The summed E-state index contributed by atoms with van der Waals surface area (Å²) >= 11 is 13.0. The molecule has 1 aromatic heterocycles. The van der Waals surface area contributed by atoms with Gasteiger partial charge in [-0.05, 0) is 48.4 Å². The van der Waals surface area contributed by atoms with Crippen LogP contribution in [0.15, 0.2) is 65.6 Å². The van der Waals surface area contributed by atoms with Crippen LogP contribution in [0.1, 0.15) is 15.9 Å². The molecule has 1 heterocycles. The van der Waals surface area contributed by atoms with Crippen LogP contribution in [0.4, 0.5) is 5.69 Å². The van der Waals surface area contributed by atoms with Gasteiger partial charge < -0.3 is 5.32 Å². The lowest BCUT2D eigenvalue weighted by atomic mass is 10.1. The Morgan fingerprint density at radius 3 is 2.62 bits per heavy atom. The number of nitrogens with zero attached hydrogens (tertiary/aromatic N) is 2. The van der Waals surface area contributed by atoms with Gasteiger partial charge in [-0.15, -0.1) is 0 Å². The van der Waals surface area contributed by atoms with Gasteiger partial charge in [-0.2, -0.15) is 8.75 Å². The summed E-state index contributed by atoms with van der Waals surface area (Å²) in [6.07, 6.45) is 0.495. The van der Waals surface area contributed by atoms with Crippen molar-refractivity contribution in [3.05, 3.63) is 81.8 Å². The average Bonchev–Trinajstić information content (AvgIpc) is 3.24. The summed E-state index contributed by atoms with van der Waals surface area (Å²) in [6.45, 7) is 0.311. The van der Waals surface area contributed by atoms with Gasteiger partial charge in [0.2, 0.25) is 0 Å². The fourth-order valence-electron chi connectivity index (χ4n) is 3.10. The summed E-state index contributed by atoms with van der Waals surface area (Å²) in [7, 11) is -3.99. The fourth-order valence-corrected chi connectivity index (χ4v) is 5.45. The number of halogens is 2. The molecule has 0 spiro atoms. The molecule has 0 aliphatic heterocycles. The number of fused-ring (bicyclic) bond motifs is 1. The van der Waals surface area contributed by atoms with Crippen LogP contribution in [0.3, 0.4) is 0 Å². The number of anilines is 1. The number of rotatable bonds is 7.